The summed E-state index contributed by atoms with van der Waals surface area (Å²) in [7, 11) is 0. The maximum Gasteiger partial charge on any atom is 0.144 e. The molecule has 5 heteroatoms. The lowest BCUT2D eigenvalue weighted by atomic mass is 10.2. The van der Waals surface area contributed by atoms with E-state index in [4.69, 9.17) is 10.5 Å². The molecule has 0 unspecified atom stereocenters. The first-order valence-electron chi connectivity index (χ1n) is 6.25. The molecule has 0 fully saturated rings. The van der Waals surface area contributed by atoms with Crippen LogP contribution in [0.4, 0.5) is 11.4 Å². The molecular weight excluding hydrogens is 258 g/mol. The first-order chi connectivity index (χ1) is 9.06. The maximum absolute atomic E-state index is 5.89. The minimum atomic E-state index is 0.112. The van der Waals surface area contributed by atoms with Gasteiger partial charge in [-0.25, -0.2) is 4.98 Å². The van der Waals surface area contributed by atoms with E-state index >= 15 is 0 Å². The Morgan fingerprint density at radius 3 is 2.84 bits per heavy atom. The molecule has 0 aliphatic carbocycles. The highest BCUT2D eigenvalue weighted by Gasteiger charge is 2.06. The molecule has 1 aromatic heterocycles. The van der Waals surface area contributed by atoms with Crippen molar-refractivity contribution < 1.29 is 4.74 Å². The molecule has 0 aliphatic rings. The number of nitrogen functional groups attached to an aromatic ring is 1. The number of benzene rings is 1. The molecule has 0 bridgehead atoms. The number of aromatic nitrogens is 1. The van der Waals surface area contributed by atoms with Gasteiger partial charge in [0.25, 0.3) is 0 Å². The molecule has 0 radical (unpaired) electrons. The van der Waals surface area contributed by atoms with Crippen molar-refractivity contribution in [3.8, 4) is 5.75 Å². The number of aryl methyl sites for hydroxylation is 1. The summed E-state index contributed by atoms with van der Waals surface area (Å²) < 4.78 is 5.67. The van der Waals surface area contributed by atoms with E-state index in [0.717, 1.165) is 23.7 Å². The molecule has 1 aromatic carbocycles. The Bertz CT molecular complexity index is 551. The highest BCUT2D eigenvalue weighted by Crippen LogP contribution is 2.27. The van der Waals surface area contributed by atoms with Gasteiger partial charge < -0.3 is 15.8 Å². The Kier molecular flexibility index (Phi) is 4.27. The Hall–Kier alpha value is -1.75. The Labute approximate surface area is 117 Å². The predicted molar refractivity (Wildman–Crippen MR) is 80.8 cm³/mol. The zero-order valence-electron chi connectivity index (χ0n) is 11.4. The van der Waals surface area contributed by atoms with E-state index in [9.17, 15) is 0 Å². The highest BCUT2D eigenvalue weighted by atomic mass is 32.1. The van der Waals surface area contributed by atoms with E-state index < -0.39 is 0 Å². The fraction of sp³-hybridized carbons (Fsp3) is 0.357. The fourth-order valence-electron chi connectivity index (χ4n) is 1.68. The zero-order chi connectivity index (χ0) is 13.8. The topological polar surface area (TPSA) is 60.2 Å². The number of hydrogen-bond donors (Lipinski definition) is 2. The molecule has 0 aliphatic heterocycles. The van der Waals surface area contributed by atoms with Crippen LogP contribution in [0, 0.1) is 6.92 Å². The SMILES string of the molecule is Cc1ncsc1CNc1ccc(N)c(OC(C)C)c1. The maximum atomic E-state index is 5.89. The third kappa shape index (κ3) is 3.61. The molecule has 0 amide bonds. The second kappa shape index (κ2) is 5.93. The van der Waals surface area contributed by atoms with Gasteiger partial charge in [0.05, 0.1) is 29.5 Å². The summed E-state index contributed by atoms with van der Waals surface area (Å²) in [5.74, 6) is 0.723. The molecule has 4 nitrogen and oxygen atoms in total. The zero-order valence-corrected chi connectivity index (χ0v) is 12.3. The number of thiazole rings is 1. The normalized spacial score (nSPS) is 10.7. The van der Waals surface area contributed by atoms with Gasteiger partial charge in [0.1, 0.15) is 5.75 Å². The van der Waals surface area contributed by atoms with E-state index in [2.05, 4.69) is 10.3 Å². The lowest BCUT2D eigenvalue weighted by Crippen LogP contribution is -2.08. The van der Waals surface area contributed by atoms with Gasteiger partial charge >= 0.3 is 0 Å². The number of anilines is 2. The smallest absolute Gasteiger partial charge is 0.144 e. The van der Waals surface area contributed by atoms with Crippen LogP contribution in [0.2, 0.25) is 0 Å². The summed E-state index contributed by atoms with van der Waals surface area (Å²) >= 11 is 1.66. The van der Waals surface area contributed by atoms with E-state index in [-0.39, 0.29) is 6.10 Å². The molecule has 2 aromatic rings. The van der Waals surface area contributed by atoms with Crippen molar-refractivity contribution in [2.45, 2.75) is 33.4 Å². The third-order valence-electron chi connectivity index (χ3n) is 2.67. The molecule has 0 saturated heterocycles. The van der Waals surface area contributed by atoms with Crippen LogP contribution in [0.1, 0.15) is 24.4 Å². The number of nitrogens with zero attached hydrogens (tertiary/aromatic N) is 1. The predicted octanol–water partition coefficient (Wildman–Crippen LogP) is 3.43. The van der Waals surface area contributed by atoms with Crippen molar-refractivity contribution in [1.82, 2.24) is 4.98 Å². The highest BCUT2D eigenvalue weighted by molar-refractivity contribution is 7.09. The van der Waals surface area contributed by atoms with Gasteiger partial charge in [0.15, 0.2) is 0 Å². The molecule has 0 saturated carbocycles. The first-order valence-corrected chi connectivity index (χ1v) is 7.13. The summed E-state index contributed by atoms with van der Waals surface area (Å²) in [6.07, 6.45) is 0.112. The summed E-state index contributed by atoms with van der Waals surface area (Å²) in [5.41, 5.74) is 10.5. The average Bonchev–Trinajstić information content (AvgIpc) is 2.75. The Balaban J connectivity index is 2.06. The molecular formula is C14H19N3OS. The number of nitrogens with two attached hydrogens (primary N) is 1. The van der Waals surface area contributed by atoms with Crippen LogP contribution in [0.25, 0.3) is 0 Å². The summed E-state index contributed by atoms with van der Waals surface area (Å²) in [5, 5.41) is 3.36. The number of nitrogens with one attached hydrogen (secondary N) is 1. The van der Waals surface area contributed by atoms with E-state index in [1.165, 1.54) is 4.88 Å². The van der Waals surface area contributed by atoms with Gasteiger partial charge in [0, 0.05) is 16.6 Å². The molecule has 2 rings (SSSR count). The van der Waals surface area contributed by atoms with Gasteiger partial charge in [-0.1, -0.05) is 0 Å². The van der Waals surface area contributed by atoms with Crippen LogP contribution in [0.5, 0.6) is 5.75 Å². The quantitative estimate of drug-likeness (QED) is 0.822. The lowest BCUT2D eigenvalue weighted by molar-refractivity contribution is 0.244. The second-order valence-electron chi connectivity index (χ2n) is 4.63. The van der Waals surface area contributed by atoms with Crippen molar-refractivity contribution >= 4 is 22.7 Å². The molecule has 3 N–H and O–H groups in total. The average molecular weight is 277 g/mol. The number of ether oxygens (including phenoxy) is 1. The van der Waals surface area contributed by atoms with Gasteiger partial charge in [-0.3, -0.25) is 0 Å². The summed E-state index contributed by atoms with van der Waals surface area (Å²) in [6, 6.07) is 5.75. The number of rotatable bonds is 5. The van der Waals surface area contributed by atoms with Crippen molar-refractivity contribution in [3.05, 3.63) is 34.3 Å². The van der Waals surface area contributed by atoms with Gasteiger partial charge in [-0.15, -0.1) is 11.3 Å². The number of hydrogen-bond acceptors (Lipinski definition) is 5. The molecule has 0 spiro atoms. The van der Waals surface area contributed by atoms with Crippen molar-refractivity contribution in [2.75, 3.05) is 11.1 Å². The fourth-order valence-corrected chi connectivity index (χ4v) is 2.40. The Morgan fingerprint density at radius 1 is 1.42 bits per heavy atom. The van der Waals surface area contributed by atoms with Crippen molar-refractivity contribution in [3.63, 3.8) is 0 Å². The second-order valence-corrected chi connectivity index (χ2v) is 5.57. The monoisotopic (exact) mass is 277 g/mol. The molecule has 0 atom stereocenters. The van der Waals surface area contributed by atoms with Gasteiger partial charge in [0.2, 0.25) is 0 Å². The van der Waals surface area contributed by atoms with E-state index in [0.29, 0.717) is 5.69 Å². The minimum absolute atomic E-state index is 0.112. The van der Waals surface area contributed by atoms with Crippen molar-refractivity contribution in [2.24, 2.45) is 0 Å². The van der Waals surface area contributed by atoms with Crippen LogP contribution < -0.4 is 15.8 Å². The lowest BCUT2D eigenvalue weighted by Gasteiger charge is -2.14. The third-order valence-corrected chi connectivity index (χ3v) is 3.61. The largest absolute Gasteiger partial charge is 0.489 e. The minimum Gasteiger partial charge on any atom is -0.489 e. The van der Waals surface area contributed by atoms with Gasteiger partial charge in [-0.2, -0.15) is 0 Å². The van der Waals surface area contributed by atoms with Crippen LogP contribution in [-0.2, 0) is 6.54 Å². The molecule has 102 valence electrons. The van der Waals surface area contributed by atoms with Crippen LogP contribution in [-0.4, -0.2) is 11.1 Å². The Morgan fingerprint density at radius 2 is 2.21 bits per heavy atom. The summed E-state index contributed by atoms with van der Waals surface area (Å²) in [4.78, 5) is 5.47. The van der Waals surface area contributed by atoms with Crippen LogP contribution >= 0.6 is 11.3 Å². The molecule has 1 heterocycles. The van der Waals surface area contributed by atoms with Gasteiger partial charge in [-0.05, 0) is 32.9 Å². The van der Waals surface area contributed by atoms with E-state index in [1.54, 1.807) is 11.3 Å². The molecule has 19 heavy (non-hydrogen) atoms. The van der Waals surface area contributed by atoms with Crippen molar-refractivity contribution in [1.29, 1.82) is 0 Å². The summed E-state index contributed by atoms with van der Waals surface area (Å²) in [6.45, 7) is 6.76. The first kappa shape index (κ1) is 13.7. The van der Waals surface area contributed by atoms with Crippen LogP contribution in [0.3, 0.4) is 0 Å². The van der Waals surface area contributed by atoms with E-state index in [1.807, 2.05) is 44.5 Å². The van der Waals surface area contributed by atoms with Crippen LogP contribution in [0.15, 0.2) is 23.7 Å². The standard InChI is InChI=1S/C14H19N3OS/c1-9(2)18-13-6-11(4-5-12(13)15)16-7-14-10(3)17-8-19-14/h4-6,8-9,16H,7,15H2,1-3H3.